The molecule has 20 heavy (non-hydrogen) atoms. The molecule has 0 bridgehead atoms. The van der Waals surface area contributed by atoms with Crippen molar-refractivity contribution in [1.29, 1.82) is 0 Å². The molecule has 2 rings (SSSR count). The summed E-state index contributed by atoms with van der Waals surface area (Å²) in [4.78, 5) is 24.2. The van der Waals surface area contributed by atoms with Gasteiger partial charge >= 0.3 is 12.0 Å². The molecule has 2 N–H and O–H groups in total. The summed E-state index contributed by atoms with van der Waals surface area (Å²) in [7, 11) is 0. The topological polar surface area (TPSA) is 95.7 Å². The summed E-state index contributed by atoms with van der Waals surface area (Å²) in [5.74, 6) is 0.121. The minimum atomic E-state index is -0.784. The van der Waals surface area contributed by atoms with E-state index in [-0.39, 0.29) is 18.4 Å². The molecule has 2 amide bonds. The van der Waals surface area contributed by atoms with Crippen LogP contribution in [0, 0.1) is 12.8 Å². The van der Waals surface area contributed by atoms with Crippen molar-refractivity contribution in [2.75, 3.05) is 13.1 Å². The number of hydrogen-bond acceptors (Lipinski definition) is 4. The number of nitrogens with one attached hydrogen (secondary N) is 1. The largest absolute Gasteiger partial charge is 0.481 e. The first-order chi connectivity index (χ1) is 9.54. The van der Waals surface area contributed by atoms with Crippen molar-refractivity contribution < 1.29 is 19.2 Å². The van der Waals surface area contributed by atoms with E-state index in [0.717, 1.165) is 12.1 Å². The molecule has 7 heteroatoms. The molecule has 1 aliphatic rings. The fraction of sp³-hybridized carbons (Fsp3) is 0.615. The van der Waals surface area contributed by atoms with Crippen molar-refractivity contribution in [3.8, 4) is 0 Å². The Kier molecular flexibility index (Phi) is 4.60. The standard InChI is InChI=1S/C13H19N3O4/c1-9-6-11(20-15-9)7-14-13(19)16-5-4-10(8-16)2-3-12(17)18/h6,10H,2-5,7-8H2,1H3,(H,14,19)(H,17,18). The van der Waals surface area contributed by atoms with Crippen LogP contribution in [-0.4, -0.2) is 40.3 Å². The lowest BCUT2D eigenvalue weighted by molar-refractivity contribution is -0.137. The number of rotatable bonds is 5. The van der Waals surface area contributed by atoms with Gasteiger partial charge < -0.3 is 19.8 Å². The number of amides is 2. The fourth-order valence-corrected chi connectivity index (χ4v) is 2.35. The van der Waals surface area contributed by atoms with E-state index < -0.39 is 5.97 Å². The Morgan fingerprint density at radius 2 is 2.40 bits per heavy atom. The molecular weight excluding hydrogens is 262 g/mol. The van der Waals surface area contributed by atoms with Crippen LogP contribution in [0.25, 0.3) is 0 Å². The molecule has 1 saturated heterocycles. The minimum Gasteiger partial charge on any atom is -0.481 e. The number of carbonyl (C=O) groups is 2. The first kappa shape index (κ1) is 14.4. The molecule has 1 atom stereocenters. The van der Waals surface area contributed by atoms with Crippen LogP contribution < -0.4 is 5.32 Å². The Hall–Kier alpha value is -2.05. The molecule has 1 aromatic heterocycles. The molecule has 1 fully saturated rings. The molecule has 7 nitrogen and oxygen atoms in total. The molecule has 1 aliphatic heterocycles. The molecule has 0 saturated carbocycles. The van der Waals surface area contributed by atoms with E-state index in [1.807, 2.05) is 6.92 Å². The lowest BCUT2D eigenvalue weighted by Gasteiger charge is -2.16. The van der Waals surface area contributed by atoms with Crippen LogP contribution in [0.3, 0.4) is 0 Å². The smallest absolute Gasteiger partial charge is 0.317 e. The van der Waals surface area contributed by atoms with Gasteiger partial charge in [0.1, 0.15) is 0 Å². The number of urea groups is 1. The molecule has 0 radical (unpaired) electrons. The molecule has 1 aromatic rings. The molecule has 0 aromatic carbocycles. The summed E-state index contributed by atoms with van der Waals surface area (Å²) >= 11 is 0. The van der Waals surface area contributed by atoms with E-state index in [1.165, 1.54) is 0 Å². The number of carboxylic acid groups (broad SMARTS) is 1. The van der Waals surface area contributed by atoms with E-state index >= 15 is 0 Å². The summed E-state index contributed by atoms with van der Waals surface area (Å²) < 4.78 is 5.01. The monoisotopic (exact) mass is 281 g/mol. The zero-order valence-electron chi connectivity index (χ0n) is 11.5. The van der Waals surface area contributed by atoms with Crippen LogP contribution in [0.15, 0.2) is 10.6 Å². The van der Waals surface area contributed by atoms with Crippen LogP contribution in [0.2, 0.25) is 0 Å². The average Bonchev–Trinajstić information content (AvgIpc) is 3.02. The van der Waals surface area contributed by atoms with Crippen LogP contribution >= 0.6 is 0 Å². The highest BCUT2D eigenvalue weighted by Crippen LogP contribution is 2.21. The maximum absolute atomic E-state index is 11.9. The van der Waals surface area contributed by atoms with Crippen LogP contribution in [-0.2, 0) is 11.3 Å². The van der Waals surface area contributed by atoms with Gasteiger partial charge in [-0.15, -0.1) is 0 Å². The number of aryl methyl sites for hydroxylation is 1. The second kappa shape index (κ2) is 6.40. The Morgan fingerprint density at radius 3 is 3.05 bits per heavy atom. The first-order valence-corrected chi connectivity index (χ1v) is 6.71. The van der Waals surface area contributed by atoms with Crippen molar-refractivity contribution in [3.05, 3.63) is 17.5 Å². The summed E-state index contributed by atoms with van der Waals surface area (Å²) in [6.07, 6.45) is 1.65. The maximum Gasteiger partial charge on any atom is 0.317 e. The number of nitrogens with zero attached hydrogens (tertiary/aromatic N) is 2. The number of carboxylic acids is 1. The van der Waals surface area contributed by atoms with Crippen molar-refractivity contribution in [2.45, 2.75) is 32.7 Å². The van der Waals surface area contributed by atoms with Gasteiger partial charge in [-0.2, -0.15) is 0 Å². The summed E-state index contributed by atoms with van der Waals surface area (Å²) in [6, 6.07) is 1.64. The number of aromatic nitrogens is 1. The van der Waals surface area contributed by atoms with Crippen molar-refractivity contribution >= 4 is 12.0 Å². The summed E-state index contributed by atoms with van der Waals surface area (Å²) in [5.41, 5.74) is 0.782. The summed E-state index contributed by atoms with van der Waals surface area (Å²) in [6.45, 7) is 3.43. The predicted octanol–water partition coefficient (Wildman–Crippen LogP) is 1.38. The second-order valence-corrected chi connectivity index (χ2v) is 5.13. The Labute approximate surface area is 116 Å². The van der Waals surface area contributed by atoms with Crippen LogP contribution in [0.1, 0.15) is 30.7 Å². The SMILES string of the molecule is Cc1cc(CNC(=O)N2CCC(CCC(=O)O)C2)on1. The first-order valence-electron chi connectivity index (χ1n) is 6.71. The quantitative estimate of drug-likeness (QED) is 0.850. The van der Waals surface area contributed by atoms with Gasteiger partial charge in [-0.05, 0) is 25.7 Å². The van der Waals surface area contributed by atoms with Crippen molar-refractivity contribution in [2.24, 2.45) is 5.92 Å². The maximum atomic E-state index is 11.9. The zero-order chi connectivity index (χ0) is 14.5. The van der Waals surface area contributed by atoms with Crippen LogP contribution in [0.4, 0.5) is 4.79 Å². The highest BCUT2D eigenvalue weighted by Gasteiger charge is 2.26. The van der Waals surface area contributed by atoms with Gasteiger partial charge in [0.2, 0.25) is 0 Å². The minimum absolute atomic E-state index is 0.142. The van der Waals surface area contributed by atoms with Gasteiger partial charge in [0.15, 0.2) is 5.76 Å². The average molecular weight is 281 g/mol. The number of likely N-dealkylation sites (tertiary alicyclic amines) is 1. The van der Waals surface area contributed by atoms with E-state index in [9.17, 15) is 9.59 Å². The Morgan fingerprint density at radius 1 is 1.60 bits per heavy atom. The van der Waals surface area contributed by atoms with E-state index in [2.05, 4.69) is 10.5 Å². The second-order valence-electron chi connectivity index (χ2n) is 5.13. The number of aliphatic carboxylic acids is 1. The molecule has 110 valence electrons. The highest BCUT2D eigenvalue weighted by atomic mass is 16.5. The number of hydrogen-bond donors (Lipinski definition) is 2. The van der Waals surface area contributed by atoms with Gasteiger partial charge in [0, 0.05) is 25.6 Å². The lowest BCUT2D eigenvalue weighted by Crippen LogP contribution is -2.38. The van der Waals surface area contributed by atoms with Gasteiger partial charge in [-0.25, -0.2) is 4.79 Å². The normalized spacial score (nSPS) is 18.2. The van der Waals surface area contributed by atoms with Gasteiger partial charge in [-0.3, -0.25) is 4.79 Å². The van der Waals surface area contributed by atoms with Gasteiger partial charge in [0.05, 0.1) is 12.2 Å². The molecule has 0 spiro atoms. The predicted molar refractivity (Wildman–Crippen MR) is 70.0 cm³/mol. The Bertz CT molecular complexity index is 486. The van der Waals surface area contributed by atoms with Gasteiger partial charge in [-0.1, -0.05) is 5.16 Å². The lowest BCUT2D eigenvalue weighted by atomic mass is 10.0. The highest BCUT2D eigenvalue weighted by molar-refractivity contribution is 5.74. The van der Waals surface area contributed by atoms with Gasteiger partial charge in [0.25, 0.3) is 0 Å². The van der Waals surface area contributed by atoms with Crippen molar-refractivity contribution in [3.63, 3.8) is 0 Å². The Balaban J connectivity index is 1.72. The van der Waals surface area contributed by atoms with Crippen LogP contribution in [0.5, 0.6) is 0 Å². The van der Waals surface area contributed by atoms with E-state index in [1.54, 1.807) is 11.0 Å². The van der Waals surface area contributed by atoms with E-state index in [4.69, 9.17) is 9.63 Å². The summed E-state index contributed by atoms with van der Waals surface area (Å²) in [5, 5.41) is 15.2. The fourth-order valence-electron chi connectivity index (χ4n) is 2.35. The third-order valence-electron chi connectivity index (χ3n) is 3.43. The number of carbonyl (C=O) groups excluding carboxylic acids is 1. The third kappa shape index (κ3) is 3.97. The molecular formula is C13H19N3O4. The van der Waals surface area contributed by atoms with E-state index in [0.29, 0.717) is 31.8 Å². The molecule has 2 heterocycles. The zero-order valence-corrected chi connectivity index (χ0v) is 11.5. The van der Waals surface area contributed by atoms with Crippen molar-refractivity contribution in [1.82, 2.24) is 15.4 Å². The molecule has 1 unspecified atom stereocenters. The molecule has 0 aliphatic carbocycles. The third-order valence-corrected chi connectivity index (χ3v) is 3.43.